The lowest BCUT2D eigenvalue weighted by Crippen LogP contribution is -2.27. The van der Waals surface area contributed by atoms with Crippen molar-refractivity contribution < 1.29 is 24.0 Å². The second-order valence-electron chi connectivity index (χ2n) is 7.83. The van der Waals surface area contributed by atoms with Crippen LogP contribution in [0.15, 0.2) is 65.6 Å². The molecule has 1 fully saturated rings. The Morgan fingerprint density at radius 2 is 1.84 bits per heavy atom. The monoisotopic (exact) mass is 650 g/mol. The average molecular weight is 651 g/mol. The normalized spacial score (nSPS) is 14.4. The molecule has 4 rings (SSSR count). The topological polar surface area (TPSA) is 99.0 Å². The van der Waals surface area contributed by atoms with Crippen LogP contribution in [0.1, 0.15) is 23.6 Å². The van der Waals surface area contributed by atoms with Gasteiger partial charge in [-0.3, -0.25) is 24.6 Å². The number of carbonyl (C=O) groups excluding carboxylic acids is 2. The maximum atomic E-state index is 13.0. The first-order chi connectivity index (χ1) is 17.8. The highest BCUT2D eigenvalue weighted by Gasteiger charge is 2.35. The van der Waals surface area contributed by atoms with E-state index >= 15 is 0 Å². The third-order valence-electron chi connectivity index (χ3n) is 5.32. The molecular formula is C26H20ClIN2O6S. The lowest BCUT2D eigenvalue weighted by molar-refractivity contribution is -0.384. The average Bonchev–Trinajstić information content (AvgIpc) is 3.12. The van der Waals surface area contributed by atoms with Crippen molar-refractivity contribution in [3.63, 3.8) is 0 Å². The molecule has 3 aromatic carbocycles. The van der Waals surface area contributed by atoms with Crippen molar-refractivity contribution in [2.45, 2.75) is 20.1 Å². The van der Waals surface area contributed by atoms with Crippen LogP contribution in [-0.2, 0) is 17.9 Å². The van der Waals surface area contributed by atoms with Crippen LogP contribution in [0.25, 0.3) is 6.08 Å². The second-order valence-corrected chi connectivity index (χ2v) is 10.4. The first-order valence-corrected chi connectivity index (χ1v) is 13.4. The fourth-order valence-electron chi connectivity index (χ4n) is 3.53. The van der Waals surface area contributed by atoms with Gasteiger partial charge in [0.05, 0.1) is 26.6 Å². The van der Waals surface area contributed by atoms with Crippen molar-refractivity contribution >= 4 is 68.9 Å². The summed E-state index contributed by atoms with van der Waals surface area (Å²) in [7, 11) is 0. The number of nitro groups is 1. The van der Waals surface area contributed by atoms with Crippen molar-refractivity contribution in [2.75, 3.05) is 6.61 Å². The Labute approximate surface area is 235 Å². The van der Waals surface area contributed by atoms with E-state index < -0.39 is 4.92 Å². The van der Waals surface area contributed by atoms with Crippen molar-refractivity contribution in [2.24, 2.45) is 0 Å². The van der Waals surface area contributed by atoms with Crippen LogP contribution < -0.4 is 9.47 Å². The summed E-state index contributed by atoms with van der Waals surface area (Å²) in [4.78, 5) is 37.5. The zero-order valence-electron chi connectivity index (χ0n) is 19.5. The number of amides is 2. The third-order valence-corrected chi connectivity index (χ3v) is 7.40. The Hall–Kier alpha value is -3.09. The summed E-state index contributed by atoms with van der Waals surface area (Å²) in [6, 6.07) is 16.8. The van der Waals surface area contributed by atoms with Crippen molar-refractivity contribution in [3.8, 4) is 11.5 Å². The molecule has 1 aliphatic rings. The highest BCUT2D eigenvalue weighted by molar-refractivity contribution is 14.1. The van der Waals surface area contributed by atoms with Gasteiger partial charge in [-0.05, 0) is 94.4 Å². The molecule has 0 aromatic heterocycles. The number of thioether (sulfide) groups is 1. The van der Waals surface area contributed by atoms with Crippen molar-refractivity contribution in [1.29, 1.82) is 0 Å². The molecule has 190 valence electrons. The standard InChI is InChI=1S/C26H20ClIN2O6S/c1-2-35-22-12-17(11-21(28)24(22)36-15-16-7-9-19(10-8-16)30(33)34)13-23-25(31)29(26(32)37-23)14-18-5-3-4-6-20(18)27/h3-13H,2,14-15H2,1H3/b23-13-. The Morgan fingerprint density at radius 3 is 2.51 bits per heavy atom. The minimum atomic E-state index is -0.453. The number of nitrogens with zero attached hydrogens (tertiary/aromatic N) is 2. The summed E-state index contributed by atoms with van der Waals surface area (Å²) < 4.78 is 12.5. The summed E-state index contributed by atoms with van der Waals surface area (Å²) in [5.41, 5.74) is 2.14. The van der Waals surface area contributed by atoms with E-state index in [2.05, 4.69) is 22.6 Å². The summed E-state index contributed by atoms with van der Waals surface area (Å²) in [5.74, 6) is 0.615. The molecular weight excluding hydrogens is 631 g/mol. The molecule has 0 atom stereocenters. The number of carbonyl (C=O) groups is 2. The van der Waals surface area contributed by atoms with E-state index in [0.717, 1.165) is 20.9 Å². The van der Waals surface area contributed by atoms with Gasteiger partial charge >= 0.3 is 0 Å². The fourth-order valence-corrected chi connectivity index (χ4v) is 5.34. The lowest BCUT2D eigenvalue weighted by atomic mass is 10.1. The van der Waals surface area contributed by atoms with Gasteiger partial charge in [-0.25, -0.2) is 0 Å². The molecule has 0 spiro atoms. The molecule has 0 saturated carbocycles. The minimum Gasteiger partial charge on any atom is -0.490 e. The highest BCUT2D eigenvalue weighted by Crippen LogP contribution is 2.38. The largest absolute Gasteiger partial charge is 0.490 e. The third kappa shape index (κ3) is 6.43. The number of halogens is 2. The Kier molecular flexibility index (Phi) is 8.72. The molecule has 2 amide bonds. The molecule has 8 nitrogen and oxygen atoms in total. The van der Waals surface area contributed by atoms with Crippen LogP contribution in [0.3, 0.4) is 0 Å². The molecule has 3 aromatic rings. The van der Waals surface area contributed by atoms with Gasteiger partial charge in [-0.1, -0.05) is 29.8 Å². The Morgan fingerprint density at radius 1 is 1.11 bits per heavy atom. The van der Waals surface area contributed by atoms with Gasteiger partial charge in [0.25, 0.3) is 16.8 Å². The van der Waals surface area contributed by atoms with Gasteiger partial charge in [0.15, 0.2) is 11.5 Å². The predicted molar refractivity (Wildman–Crippen MR) is 151 cm³/mol. The summed E-state index contributed by atoms with van der Waals surface area (Å²) in [6.45, 7) is 2.52. The van der Waals surface area contributed by atoms with Gasteiger partial charge in [0, 0.05) is 17.2 Å². The fraction of sp³-hybridized carbons (Fsp3) is 0.154. The van der Waals surface area contributed by atoms with Crippen LogP contribution in [0.5, 0.6) is 11.5 Å². The van der Waals surface area contributed by atoms with Gasteiger partial charge in [0.2, 0.25) is 0 Å². The van der Waals surface area contributed by atoms with E-state index in [9.17, 15) is 19.7 Å². The number of benzene rings is 3. The van der Waals surface area contributed by atoms with Gasteiger partial charge in [-0.15, -0.1) is 0 Å². The molecule has 1 heterocycles. The SMILES string of the molecule is CCOc1cc(/C=C2\SC(=O)N(Cc3ccccc3Cl)C2=O)cc(I)c1OCc1ccc([N+](=O)[O-])cc1. The molecule has 0 unspecified atom stereocenters. The van der Waals surface area contributed by atoms with Crippen molar-refractivity contribution in [1.82, 2.24) is 4.90 Å². The molecule has 0 radical (unpaired) electrons. The molecule has 11 heteroatoms. The van der Waals surface area contributed by atoms with E-state index in [4.69, 9.17) is 21.1 Å². The molecule has 0 N–H and O–H groups in total. The number of non-ortho nitro benzene ring substituents is 1. The zero-order chi connectivity index (χ0) is 26.5. The zero-order valence-corrected chi connectivity index (χ0v) is 23.2. The van der Waals surface area contributed by atoms with Crippen LogP contribution >= 0.6 is 46.0 Å². The van der Waals surface area contributed by atoms with Crippen molar-refractivity contribution in [3.05, 3.63) is 101 Å². The van der Waals surface area contributed by atoms with Gasteiger partial charge in [0.1, 0.15) is 6.61 Å². The molecule has 1 saturated heterocycles. The van der Waals surface area contributed by atoms with E-state index in [-0.39, 0.29) is 30.0 Å². The Bertz CT molecular complexity index is 1400. The number of hydrogen-bond acceptors (Lipinski definition) is 7. The molecule has 1 aliphatic heterocycles. The molecule has 37 heavy (non-hydrogen) atoms. The number of imide groups is 1. The molecule has 0 aliphatic carbocycles. The Balaban J connectivity index is 1.54. The van der Waals surface area contributed by atoms with Gasteiger partial charge in [-0.2, -0.15) is 0 Å². The summed E-state index contributed by atoms with van der Waals surface area (Å²) >= 11 is 9.20. The van der Waals surface area contributed by atoms with Crippen LogP contribution in [0, 0.1) is 13.7 Å². The quantitative estimate of drug-likeness (QED) is 0.106. The molecule has 0 bridgehead atoms. The lowest BCUT2D eigenvalue weighted by Gasteiger charge is -2.15. The van der Waals surface area contributed by atoms with Gasteiger partial charge < -0.3 is 9.47 Å². The highest BCUT2D eigenvalue weighted by atomic mass is 127. The minimum absolute atomic E-state index is 0.00830. The van der Waals surface area contributed by atoms with E-state index in [1.54, 1.807) is 48.5 Å². The number of ether oxygens (including phenoxy) is 2. The smallest absolute Gasteiger partial charge is 0.293 e. The van der Waals surface area contributed by atoms with Crippen LogP contribution in [-0.4, -0.2) is 27.6 Å². The first-order valence-electron chi connectivity index (χ1n) is 11.1. The number of nitro benzene ring substituents is 1. The van der Waals surface area contributed by atoms with E-state index in [1.165, 1.54) is 17.0 Å². The summed E-state index contributed by atoms with van der Waals surface area (Å²) in [5, 5.41) is 11.0. The number of rotatable bonds is 9. The van der Waals surface area contributed by atoms with E-state index in [0.29, 0.717) is 39.2 Å². The van der Waals surface area contributed by atoms with Crippen LogP contribution in [0.2, 0.25) is 5.02 Å². The van der Waals surface area contributed by atoms with Crippen LogP contribution in [0.4, 0.5) is 10.5 Å². The first kappa shape index (κ1) is 27.0. The number of hydrogen-bond donors (Lipinski definition) is 0. The maximum Gasteiger partial charge on any atom is 0.293 e. The predicted octanol–water partition coefficient (Wildman–Crippen LogP) is 7.07. The summed E-state index contributed by atoms with van der Waals surface area (Å²) in [6.07, 6.45) is 1.66. The maximum absolute atomic E-state index is 13.0. The van der Waals surface area contributed by atoms with E-state index in [1.807, 2.05) is 13.0 Å². The second kappa shape index (κ2) is 12.0.